The molecule has 0 bridgehead atoms. The Bertz CT molecular complexity index is 239. The summed E-state index contributed by atoms with van der Waals surface area (Å²) < 4.78 is 0. The van der Waals surface area contributed by atoms with Crippen LogP contribution in [0, 0.1) is 0 Å². The van der Waals surface area contributed by atoms with Gasteiger partial charge in [-0.15, -0.1) is 0 Å². The Labute approximate surface area is 80.0 Å². The lowest BCUT2D eigenvalue weighted by molar-refractivity contribution is -0.138. The molecule has 0 unspecified atom stereocenters. The van der Waals surface area contributed by atoms with Crippen molar-refractivity contribution in [3.8, 4) is 0 Å². The van der Waals surface area contributed by atoms with Gasteiger partial charge in [-0.1, -0.05) is 0 Å². The molecule has 7 heteroatoms. The number of carbonyl (C=O) groups is 1. The highest BCUT2D eigenvalue weighted by Gasteiger charge is 2.12. The fourth-order valence-electron chi connectivity index (χ4n) is 0.715. The van der Waals surface area contributed by atoms with E-state index in [1.807, 2.05) is 0 Å². The number of aromatic amines is 1. The lowest BCUT2D eigenvalue weighted by Gasteiger charge is -2.01. The Hall–Kier alpha value is -1.11. The van der Waals surface area contributed by atoms with Gasteiger partial charge in [-0.3, -0.25) is 4.79 Å². The Morgan fingerprint density at radius 2 is 2.38 bits per heavy atom. The monoisotopic (exact) mass is 206 g/mol. The van der Waals surface area contributed by atoms with Gasteiger partial charge in [-0.25, -0.2) is 10.2 Å². The summed E-state index contributed by atoms with van der Waals surface area (Å²) in [6.07, 6.45) is 3.38. The lowest BCUT2D eigenvalue weighted by atomic mass is 10.2. The van der Waals surface area contributed by atoms with E-state index < -0.39 is 12.0 Å². The Kier molecular flexibility index (Phi) is 5.86. The van der Waals surface area contributed by atoms with Gasteiger partial charge in [-0.05, 0) is 11.8 Å². The van der Waals surface area contributed by atoms with Crippen LogP contribution >= 0.6 is 11.8 Å². The zero-order valence-corrected chi connectivity index (χ0v) is 7.53. The lowest BCUT2D eigenvalue weighted by Crippen LogP contribution is -2.32. The van der Waals surface area contributed by atoms with Crippen molar-refractivity contribution in [3.05, 3.63) is 18.2 Å². The number of nitrogens with one attached hydrogen (secondary N) is 1. The predicted octanol–water partition coefficient (Wildman–Crippen LogP) is -0.537. The van der Waals surface area contributed by atoms with Gasteiger partial charge in [0.05, 0.1) is 12.0 Å². The number of nitrogens with two attached hydrogens (primary N) is 2. The van der Waals surface area contributed by atoms with Gasteiger partial charge in [-0.2, -0.15) is 0 Å². The first-order valence-corrected chi connectivity index (χ1v) is 3.81. The van der Waals surface area contributed by atoms with Gasteiger partial charge in [0, 0.05) is 12.6 Å². The number of aliphatic carboxylic acids is 1. The van der Waals surface area contributed by atoms with Crippen molar-refractivity contribution in [3.63, 3.8) is 0 Å². The predicted molar refractivity (Wildman–Crippen MR) is 47.9 cm³/mol. The van der Waals surface area contributed by atoms with E-state index in [0.717, 1.165) is 0 Å². The third-order valence-corrected chi connectivity index (χ3v) is 1.30. The second-order valence-corrected chi connectivity index (χ2v) is 2.21. The van der Waals surface area contributed by atoms with Crippen LogP contribution in [0.1, 0.15) is 5.69 Å². The maximum Gasteiger partial charge on any atom is 0.320 e. The number of aromatic nitrogens is 2. The van der Waals surface area contributed by atoms with Crippen LogP contribution in [0.5, 0.6) is 0 Å². The van der Waals surface area contributed by atoms with E-state index in [1.54, 1.807) is 6.20 Å². The number of carboxylic acid groups (broad SMARTS) is 1. The molecule has 6 nitrogen and oxygen atoms in total. The fourth-order valence-corrected chi connectivity index (χ4v) is 0.715. The molecule has 0 aromatic carbocycles. The van der Waals surface area contributed by atoms with Crippen molar-refractivity contribution in [2.75, 3.05) is 0 Å². The first-order chi connectivity index (χ1) is 6.20. The highest BCUT2D eigenvalue weighted by atomic mass is 35.5. The van der Waals surface area contributed by atoms with Crippen molar-refractivity contribution in [2.45, 2.75) is 12.5 Å². The van der Waals surface area contributed by atoms with Crippen molar-refractivity contribution < 1.29 is 9.90 Å². The normalized spacial score (nSPS) is 11.3. The summed E-state index contributed by atoms with van der Waals surface area (Å²) in [5.74, 6) is -1.01. The molecule has 74 valence electrons. The number of nitrogens with zero attached hydrogens (tertiary/aromatic N) is 1. The van der Waals surface area contributed by atoms with Crippen LogP contribution in [0.4, 0.5) is 0 Å². The maximum atomic E-state index is 10.3. The molecule has 0 saturated carbocycles. The number of hydrogen-bond donors (Lipinski definition) is 4. The number of halogens is 1. The number of imidazole rings is 1. The van der Waals surface area contributed by atoms with E-state index in [4.69, 9.17) is 10.8 Å². The number of hydrogen-bond acceptors (Lipinski definition) is 4. The van der Waals surface area contributed by atoms with Gasteiger partial charge in [0.1, 0.15) is 6.04 Å². The number of H-pyrrole nitrogens is 1. The van der Waals surface area contributed by atoms with E-state index >= 15 is 0 Å². The average Bonchev–Trinajstić information content (AvgIpc) is 2.60. The maximum absolute atomic E-state index is 10.3. The van der Waals surface area contributed by atoms with Crippen LogP contribution < -0.4 is 11.0 Å². The molecule has 0 fully saturated rings. The summed E-state index contributed by atoms with van der Waals surface area (Å²) in [5, 5.41) is 12.4. The number of carboxylic acids is 1. The van der Waals surface area contributed by atoms with Gasteiger partial charge in [0.25, 0.3) is 0 Å². The molecular formula is C6H11ClN4O2. The van der Waals surface area contributed by atoms with Gasteiger partial charge < -0.3 is 15.8 Å². The van der Waals surface area contributed by atoms with Crippen LogP contribution in [-0.4, -0.2) is 27.1 Å². The minimum absolute atomic E-state index is 0.263. The molecule has 6 N–H and O–H groups in total. The van der Waals surface area contributed by atoms with Crippen LogP contribution in [0.25, 0.3) is 0 Å². The van der Waals surface area contributed by atoms with Gasteiger partial charge in [0.2, 0.25) is 0 Å². The minimum Gasteiger partial charge on any atom is -0.480 e. The average molecular weight is 207 g/mol. The quantitative estimate of drug-likeness (QED) is 0.496. The summed E-state index contributed by atoms with van der Waals surface area (Å²) in [6.45, 7) is 0. The molecule has 1 rings (SSSR count). The van der Waals surface area contributed by atoms with Crippen LogP contribution in [0.2, 0.25) is 0 Å². The van der Waals surface area contributed by atoms with Gasteiger partial charge >= 0.3 is 5.97 Å². The van der Waals surface area contributed by atoms with Crippen molar-refractivity contribution in [2.24, 2.45) is 11.0 Å². The third-order valence-electron chi connectivity index (χ3n) is 1.30. The van der Waals surface area contributed by atoms with E-state index in [1.165, 1.54) is 6.33 Å². The van der Waals surface area contributed by atoms with Crippen LogP contribution in [-0.2, 0) is 11.2 Å². The van der Waals surface area contributed by atoms with E-state index in [0.29, 0.717) is 5.69 Å². The molecule has 13 heavy (non-hydrogen) atoms. The summed E-state index contributed by atoms with van der Waals surface area (Å²) in [7, 11) is 0. The molecule has 0 amide bonds. The van der Waals surface area contributed by atoms with Crippen LogP contribution in [0.3, 0.4) is 0 Å². The second kappa shape index (κ2) is 6.41. The van der Waals surface area contributed by atoms with Crippen molar-refractivity contribution >= 4 is 17.7 Å². The Morgan fingerprint density at radius 3 is 2.77 bits per heavy atom. The van der Waals surface area contributed by atoms with Crippen LogP contribution in [0.15, 0.2) is 12.5 Å². The van der Waals surface area contributed by atoms with Crippen molar-refractivity contribution in [1.82, 2.24) is 9.97 Å². The topological polar surface area (TPSA) is 118 Å². The Morgan fingerprint density at radius 1 is 1.77 bits per heavy atom. The van der Waals surface area contributed by atoms with E-state index in [9.17, 15) is 4.79 Å². The summed E-state index contributed by atoms with van der Waals surface area (Å²) in [5.41, 5.74) is 5.92. The second-order valence-electron chi connectivity index (χ2n) is 2.21. The highest BCUT2D eigenvalue weighted by molar-refractivity contribution is 6.11. The summed E-state index contributed by atoms with van der Waals surface area (Å²) in [6, 6.07) is -0.863. The summed E-state index contributed by atoms with van der Waals surface area (Å²) >= 11 is 4.14. The van der Waals surface area contributed by atoms with E-state index in [2.05, 4.69) is 27.0 Å². The molecule has 0 aliphatic rings. The Balaban J connectivity index is 0.000000671. The standard InChI is InChI=1S/C6H9N3O2.ClH2N/c7-5(6(10)11)1-4-2-8-3-9-4;1-2/h2-3,5H,1,7H2,(H,8,9)(H,10,11);2H2/t5-;/m0./s1. The zero-order valence-electron chi connectivity index (χ0n) is 6.77. The zero-order chi connectivity index (χ0) is 10.3. The molecule has 1 heterocycles. The SMILES string of the molecule is NCl.N[C@@H](Cc1c[nH]cn1)C(=O)O. The molecule has 1 atom stereocenters. The fraction of sp³-hybridized carbons (Fsp3) is 0.333. The largest absolute Gasteiger partial charge is 0.480 e. The van der Waals surface area contributed by atoms with Gasteiger partial charge in [0.15, 0.2) is 0 Å². The molecule has 0 spiro atoms. The minimum atomic E-state index is -1.01. The smallest absolute Gasteiger partial charge is 0.320 e. The molecule has 1 aromatic rings. The number of rotatable bonds is 3. The summed E-state index contributed by atoms with van der Waals surface area (Å²) in [4.78, 5) is 16.8. The molecule has 1 aromatic heterocycles. The molecule has 0 aliphatic heterocycles. The van der Waals surface area contributed by atoms with Crippen molar-refractivity contribution in [1.29, 1.82) is 0 Å². The third kappa shape index (κ3) is 4.46. The van der Waals surface area contributed by atoms with E-state index in [-0.39, 0.29) is 6.42 Å². The molecule has 0 radical (unpaired) electrons. The highest BCUT2D eigenvalue weighted by Crippen LogP contribution is 1.95. The molecule has 0 saturated heterocycles. The first-order valence-electron chi connectivity index (χ1n) is 3.38. The molecular weight excluding hydrogens is 196 g/mol. The first kappa shape index (κ1) is 11.9. The molecule has 0 aliphatic carbocycles.